The van der Waals surface area contributed by atoms with Gasteiger partial charge in [0.1, 0.15) is 6.10 Å². The van der Waals surface area contributed by atoms with Gasteiger partial charge in [-0.3, -0.25) is 0 Å². The summed E-state index contributed by atoms with van der Waals surface area (Å²) in [5, 5.41) is 1.16. The number of aryl methyl sites for hydroxylation is 1. The monoisotopic (exact) mass is 366 g/mol. The lowest BCUT2D eigenvalue weighted by Crippen LogP contribution is -2.07. The summed E-state index contributed by atoms with van der Waals surface area (Å²) < 4.78 is 24.5. The van der Waals surface area contributed by atoms with Gasteiger partial charge in [-0.2, -0.15) is 0 Å². The first-order chi connectivity index (χ1) is 13.1. The van der Waals surface area contributed by atoms with Crippen molar-refractivity contribution in [2.24, 2.45) is 12.0 Å². The van der Waals surface area contributed by atoms with Crippen molar-refractivity contribution in [1.29, 1.82) is 0 Å². The third-order valence-electron chi connectivity index (χ3n) is 4.85. The Morgan fingerprint density at radius 1 is 1.00 bits per heavy atom. The molecule has 6 nitrogen and oxygen atoms in total. The number of hydrogen-bond acceptors (Lipinski definition) is 5. The van der Waals surface area contributed by atoms with Crippen molar-refractivity contribution < 1.29 is 18.9 Å². The minimum Gasteiger partial charge on any atom is -0.493 e. The molecule has 2 heterocycles. The Kier molecular flexibility index (Phi) is 4.39. The van der Waals surface area contributed by atoms with Crippen LogP contribution in [-0.2, 0) is 11.8 Å². The van der Waals surface area contributed by atoms with E-state index in [9.17, 15) is 0 Å². The van der Waals surface area contributed by atoms with Gasteiger partial charge in [-0.05, 0) is 36.4 Å². The molecule has 27 heavy (non-hydrogen) atoms. The lowest BCUT2D eigenvalue weighted by molar-refractivity contribution is 0.228. The van der Waals surface area contributed by atoms with E-state index in [1.54, 1.807) is 21.3 Å². The molecule has 140 valence electrons. The van der Waals surface area contributed by atoms with Crippen LogP contribution in [0.5, 0.6) is 17.2 Å². The Hall–Kier alpha value is -3.15. The number of nitrogens with zero attached hydrogens (tertiary/aromatic N) is 2. The molecule has 1 atom stereocenters. The van der Waals surface area contributed by atoms with Crippen molar-refractivity contribution in [2.75, 3.05) is 27.9 Å². The highest BCUT2D eigenvalue weighted by Crippen LogP contribution is 2.41. The molecule has 0 bridgehead atoms. The molecule has 0 radical (unpaired) electrons. The standard InChI is InChI=1S/C21H22N2O4/c1-23-8-7-13-9-14(5-6-16(13)23)21-22-12-19(27-21)15-10-17(24-2)20(26-4)18(11-15)25-3/h5-11,19H,12H2,1-4H3/t19-/m0/s1. The van der Waals surface area contributed by atoms with Gasteiger partial charge in [0.2, 0.25) is 11.6 Å². The Bertz CT molecular complexity index is 997. The number of benzene rings is 2. The maximum Gasteiger partial charge on any atom is 0.216 e. The van der Waals surface area contributed by atoms with Crippen LogP contribution in [0.3, 0.4) is 0 Å². The van der Waals surface area contributed by atoms with Crippen molar-refractivity contribution in [2.45, 2.75) is 6.10 Å². The summed E-state index contributed by atoms with van der Waals surface area (Å²) >= 11 is 0. The highest BCUT2D eigenvalue weighted by atomic mass is 16.5. The second kappa shape index (κ2) is 6.87. The molecule has 0 N–H and O–H groups in total. The van der Waals surface area contributed by atoms with Crippen molar-refractivity contribution in [3.8, 4) is 17.2 Å². The smallest absolute Gasteiger partial charge is 0.216 e. The molecule has 0 spiro atoms. The van der Waals surface area contributed by atoms with Gasteiger partial charge in [-0.15, -0.1) is 0 Å². The molecule has 0 fully saturated rings. The number of hydrogen-bond donors (Lipinski definition) is 0. The van der Waals surface area contributed by atoms with E-state index in [2.05, 4.69) is 27.8 Å². The van der Waals surface area contributed by atoms with E-state index < -0.39 is 0 Å². The summed E-state index contributed by atoms with van der Waals surface area (Å²) in [6, 6.07) is 12.1. The summed E-state index contributed by atoms with van der Waals surface area (Å²) in [6.45, 7) is 0.542. The predicted octanol–water partition coefficient (Wildman–Crippen LogP) is 3.72. The van der Waals surface area contributed by atoms with Gasteiger partial charge < -0.3 is 23.5 Å². The quantitative estimate of drug-likeness (QED) is 0.691. The molecule has 0 saturated carbocycles. The molecule has 4 rings (SSSR count). The van der Waals surface area contributed by atoms with Crippen molar-refractivity contribution in [3.05, 3.63) is 53.7 Å². The Morgan fingerprint density at radius 3 is 2.41 bits per heavy atom. The van der Waals surface area contributed by atoms with Crippen LogP contribution in [0.4, 0.5) is 0 Å². The molecule has 1 aliphatic rings. The van der Waals surface area contributed by atoms with Crippen molar-refractivity contribution in [3.63, 3.8) is 0 Å². The summed E-state index contributed by atoms with van der Waals surface area (Å²) in [4.78, 5) is 4.61. The van der Waals surface area contributed by atoms with Crippen LogP contribution in [0.1, 0.15) is 17.2 Å². The third-order valence-corrected chi connectivity index (χ3v) is 4.85. The molecule has 3 aromatic rings. The van der Waals surface area contributed by atoms with Gasteiger partial charge in [0.15, 0.2) is 11.5 Å². The molecule has 0 unspecified atom stereocenters. The highest BCUT2D eigenvalue weighted by molar-refractivity contribution is 5.99. The summed E-state index contributed by atoms with van der Waals surface area (Å²) in [5.74, 6) is 2.43. The fourth-order valence-electron chi connectivity index (χ4n) is 3.41. The van der Waals surface area contributed by atoms with E-state index in [1.165, 1.54) is 5.52 Å². The number of rotatable bonds is 5. The van der Waals surface area contributed by atoms with Gasteiger partial charge in [-0.25, -0.2) is 4.99 Å². The second-order valence-corrected chi connectivity index (χ2v) is 6.41. The van der Waals surface area contributed by atoms with E-state index in [-0.39, 0.29) is 6.10 Å². The molecule has 0 amide bonds. The van der Waals surface area contributed by atoms with Crippen LogP contribution in [-0.4, -0.2) is 38.3 Å². The Morgan fingerprint density at radius 2 is 1.74 bits per heavy atom. The average molecular weight is 366 g/mol. The summed E-state index contributed by atoms with van der Waals surface area (Å²) in [7, 11) is 6.83. The normalized spacial score (nSPS) is 16.1. The maximum atomic E-state index is 6.15. The van der Waals surface area contributed by atoms with E-state index in [4.69, 9.17) is 18.9 Å². The van der Waals surface area contributed by atoms with Crippen molar-refractivity contribution in [1.82, 2.24) is 4.57 Å². The predicted molar refractivity (Wildman–Crippen MR) is 104 cm³/mol. The SMILES string of the molecule is COc1cc([C@@H]2CN=C(c3ccc4c(ccn4C)c3)O2)cc(OC)c1OC. The van der Waals surface area contributed by atoms with E-state index in [1.807, 2.05) is 31.4 Å². The fourth-order valence-corrected chi connectivity index (χ4v) is 3.41. The number of aliphatic imine (C=N–C) groups is 1. The fraction of sp³-hybridized carbons (Fsp3) is 0.286. The minimum absolute atomic E-state index is 0.194. The largest absolute Gasteiger partial charge is 0.493 e. The zero-order valence-electron chi connectivity index (χ0n) is 15.9. The van der Waals surface area contributed by atoms with E-state index in [0.717, 1.165) is 16.5 Å². The molecule has 0 aliphatic carbocycles. The highest BCUT2D eigenvalue weighted by Gasteiger charge is 2.26. The van der Waals surface area contributed by atoms with Crippen LogP contribution in [0.25, 0.3) is 10.9 Å². The number of ether oxygens (including phenoxy) is 4. The maximum absolute atomic E-state index is 6.15. The van der Waals surface area contributed by atoms with Crippen LogP contribution >= 0.6 is 0 Å². The van der Waals surface area contributed by atoms with Gasteiger partial charge in [0, 0.05) is 35.3 Å². The third kappa shape index (κ3) is 2.97. The molecular formula is C21H22N2O4. The first-order valence-electron chi connectivity index (χ1n) is 8.71. The first kappa shape index (κ1) is 17.3. The van der Waals surface area contributed by atoms with Crippen LogP contribution in [0.15, 0.2) is 47.6 Å². The number of methoxy groups -OCH3 is 3. The second-order valence-electron chi connectivity index (χ2n) is 6.41. The lowest BCUT2D eigenvalue weighted by atomic mass is 10.1. The molecule has 1 aliphatic heterocycles. The molecule has 6 heteroatoms. The van der Waals surface area contributed by atoms with Gasteiger partial charge in [0.05, 0.1) is 27.9 Å². The number of aromatic nitrogens is 1. The van der Waals surface area contributed by atoms with E-state index in [0.29, 0.717) is 29.7 Å². The average Bonchev–Trinajstić information content (AvgIpc) is 3.34. The lowest BCUT2D eigenvalue weighted by Gasteiger charge is -2.17. The van der Waals surface area contributed by atoms with Crippen molar-refractivity contribution >= 4 is 16.8 Å². The zero-order chi connectivity index (χ0) is 19.0. The Balaban J connectivity index is 1.61. The van der Waals surface area contributed by atoms with Gasteiger partial charge >= 0.3 is 0 Å². The van der Waals surface area contributed by atoms with Crippen LogP contribution < -0.4 is 14.2 Å². The molecule has 2 aromatic carbocycles. The van der Waals surface area contributed by atoms with Crippen LogP contribution in [0.2, 0.25) is 0 Å². The summed E-state index contributed by atoms with van der Waals surface area (Å²) in [6.07, 6.45) is 1.85. The molecule has 1 aromatic heterocycles. The first-order valence-corrected chi connectivity index (χ1v) is 8.71. The van der Waals surface area contributed by atoms with Gasteiger partial charge in [-0.1, -0.05) is 0 Å². The van der Waals surface area contributed by atoms with Crippen LogP contribution in [0, 0.1) is 0 Å². The topological polar surface area (TPSA) is 54.2 Å². The molecular weight excluding hydrogens is 344 g/mol. The molecule has 0 saturated heterocycles. The van der Waals surface area contributed by atoms with E-state index >= 15 is 0 Å². The number of fused-ring (bicyclic) bond motifs is 1. The van der Waals surface area contributed by atoms with Gasteiger partial charge in [0.25, 0.3) is 0 Å². The minimum atomic E-state index is -0.194. The Labute approximate surface area is 157 Å². The zero-order valence-corrected chi connectivity index (χ0v) is 15.9. The summed E-state index contributed by atoms with van der Waals surface area (Å²) in [5.41, 5.74) is 3.09.